The Morgan fingerprint density at radius 2 is 1.70 bits per heavy atom. The van der Waals surface area contributed by atoms with Crippen molar-refractivity contribution < 1.29 is 18.8 Å². The largest absolute Gasteiger partial charge is 0.444 e. The van der Waals surface area contributed by atoms with Gasteiger partial charge in [-0.2, -0.15) is 0 Å². The fourth-order valence-corrected chi connectivity index (χ4v) is 3.86. The van der Waals surface area contributed by atoms with Crippen molar-refractivity contribution in [2.24, 2.45) is 11.8 Å². The summed E-state index contributed by atoms with van der Waals surface area (Å²) in [5.74, 6) is -0.543. The van der Waals surface area contributed by atoms with Crippen LogP contribution in [-0.2, 0) is 9.59 Å². The minimum Gasteiger partial charge on any atom is -0.444 e. The van der Waals surface area contributed by atoms with Crippen molar-refractivity contribution in [2.45, 2.75) is 18.9 Å². The van der Waals surface area contributed by atoms with Gasteiger partial charge in [0.05, 0.1) is 17.9 Å². The van der Waals surface area contributed by atoms with Gasteiger partial charge in [-0.15, -0.1) is 0 Å². The van der Waals surface area contributed by atoms with Gasteiger partial charge < -0.3 is 9.32 Å². The van der Waals surface area contributed by atoms with Gasteiger partial charge in [-0.05, 0) is 40.9 Å². The van der Waals surface area contributed by atoms with Crippen molar-refractivity contribution in [3.8, 4) is 0 Å². The maximum Gasteiger partial charge on any atom is 0.289 e. The molecule has 2 fully saturated rings. The third kappa shape index (κ3) is 2.25. The maximum atomic E-state index is 12.5. The summed E-state index contributed by atoms with van der Waals surface area (Å²) >= 11 is 3.17. The predicted molar refractivity (Wildman–Crippen MR) is 83.3 cm³/mol. The van der Waals surface area contributed by atoms with Crippen molar-refractivity contribution in [1.29, 1.82) is 0 Å². The minimum atomic E-state index is -0.217. The Morgan fingerprint density at radius 3 is 2.22 bits per heavy atom. The van der Waals surface area contributed by atoms with Crippen molar-refractivity contribution in [1.82, 2.24) is 9.80 Å². The second-order valence-electron chi connectivity index (χ2n) is 6.17. The Bertz CT molecular complexity index is 693. The fraction of sp³-hybridized carbons (Fsp3) is 0.438. The van der Waals surface area contributed by atoms with Crippen LogP contribution in [0.15, 0.2) is 33.4 Å². The number of likely N-dealkylation sites (tertiary alicyclic amines) is 2. The summed E-state index contributed by atoms with van der Waals surface area (Å²) in [6, 6.07) is 3.06. The fourth-order valence-electron chi connectivity index (χ4n) is 3.56. The Labute approximate surface area is 141 Å². The second kappa shape index (κ2) is 5.33. The highest BCUT2D eigenvalue weighted by Crippen LogP contribution is 2.37. The number of carbonyl (C=O) groups excluding carboxylic acids is 3. The lowest BCUT2D eigenvalue weighted by atomic mass is 9.85. The molecule has 0 N–H and O–H groups in total. The summed E-state index contributed by atoms with van der Waals surface area (Å²) < 4.78 is 5.75. The van der Waals surface area contributed by atoms with Gasteiger partial charge in [0.15, 0.2) is 10.4 Å². The maximum absolute atomic E-state index is 12.5. The number of rotatable bonds is 2. The highest BCUT2D eigenvalue weighted by Gasteiger charge is 2.52. The smallest absolute Gasteiger partial charge is 0.289 e. The number of hydrogen-bond acceptors (Lipinski definition) is 4. The van der Waals surface area contributed by atoms with Crippen LogP contribution >= 0.6 is 15.9 Å². The topological polar surface area (TPSA) is 70.8 Å². The Hall–Kier alpha value is -1.89. The molecule has 2 saturated heterocycles. The monoisotopic (exact) mass is 378 g/mol. The van der Waals surface area contributed by atoms with E-state index in [4.69, 9.17) is 4.42 Å². The van der Waals surface area contributed by atoms with Crippen molar-refractivity contribution in [2.75, 3.05) is 13.1 Å². The third-order valence-corrected chi connectivity index (χ3v) is 5.27. The van der Waals surface area contributed by atoms with Gasteiger partial charge in [0.25, 0.3) is 5.91 Å². The molecule has 7 heteroatoms. The minimum absolute atomic E-state index is 0.0813. The Kier molecular flexibility index (Phi) is 3.41. The zero-order valence-corrected chi connectivity index (χ0v) is 13.9. The number of carbonyl (C=O) groups is 3. The lowest BCUT2D eigenvalue weighted by Crippen LogP contribution is -2.62. The van der Waals surface area contributed by atoms with E-state index in [0.717, 1.165) is 0 Å². The SMILES string of the molecule is O=C(c1ccc(Br)o1)N1CC(N2C(=O)C3CC=CCC3C2=O)C1. The molecule has 0 spiro atoms. The first-order chi connectivity index (χ1) is 11.1. The molecule has 23 heavy (non-hydrogen) atoms. The van der Waals surface area contributed by atoms with Crippen LogP contribution in [0.25, 0.3) is 0 Å². The van der Waals surface area contributed by atoms with Gasteiger partial charge in [-0.3, -0.25) is 19.3 Å². The summed E-state index contributed by atoms with van der Waals surface area (Å²) in [6.07, 6.45) is 5.23. The number of allylic oxidation sites excluding steroid dienone is 2. The van der Waals surface area contributed by atoms with E-state index >= 15 is 0 Å². The van der Waals surface area contributed by atoms with E-state index in [1.807, 2.05) is 12.2 Å². The number of amides is 3. The lowest BCUT2D eigenvalue weighted by Gasteiger charge is -2.42. The first kappa shape index (κ1) is 14.7. The van der Waals surface area contributed by atoms with E-state index in [1.165, 1.54) is 4.90 Å². The quantitative estimate of drug-likeness (QED) is 0.581. The van der Waals surface area contributed by atoms with Crippen LogP contribution in [0.5, 0.6) is 0 Å². The molecule has 0 radical (unpaired) electrons. The number of imide groups is 1. The van der Waals surface area contributed by atoms with E-state index in [2.05, 4.69) is 15.9 Å². The average Bonchev–Trinajstić information content (AvgIpc) is 3.04. The number of halogens is 1. The van der Waals surface area contributed by atoms with E-state index in [0.29, 0.717) is 30.6 Å². The molecule has 3 amide bonds. The molecule has 1 aliphatic carbocycles. The van der Waals surface area contributed by atoms with Gasteiger partial charge in [0.2, 0.25) is 11.8 Å². The first-order valence-corrected chi connectivity index (χ1v) is 8.42. The van der Waals surface area contributed by atoms with Crippen LogP contribution in [-0.4, -0.2) is 46.7 Å². The number of nitrogens with zero attached hydrogens (tertiary/aromatic N) is 2. The van der Waals surface area contributed by atoms with Crippen molar-refractivity contribution >= 4 is 33.7 Å². The van der Waals surface area contributed by atoms with Gasteiger partial charge in [-0.25, -0.2) is 0 Å². The molecule has 0 bridgehead atoms. The highest BCUT2D eigenvalue weighted by molar-refractivity contribution is 9.10. The van der Waals surface area contributed by atoms with Gasteiger partial charge in [0.1, 0.15) is 0 Å². The zero-order valence-electron chi connectivity index (χ0n) is 12.3. The molecule has 0 aromatic carbocycles. The van der Waals surface area contributed by atoms with Crippen LogP contribution in [0, 0.1) is 11.8 Å². The van der Waals surface area contributed by atoms with E-state index in [9.17, 15) is 14.4 Å². The molecular formula is C16H15BrN2O4. The lowest BCUT2D eigenvalue weighted by molar-refractivity contribution is -0.145. The van der Waals surface area contributed by atoms with Crippen molar-refractivity contribution in [3.05, 3.63) is 34.7 Å². The molecule has 3 aliphatic rings. The van der Waals surface area contributed by atoms with Crippen LogP contribution in [0.3, 0.4) is 0 Å². The molecule has 120 valence electrons. The second-order valence-corrected chi connectivity index (χ2v) is 6.95. The van der Waals surface area contributed by atoms with E-state index in [-0.39, 0.29) is 41.4 Å². The number of hydrogen-bond donors (Lipinski definition) is 0. The summed E-state index contributed by atoms with van der Waals surface area (Å²) in [5, 5.41) is 0. The third-order valence-electron chi connectivity index (χ3n) is 4.84. The molecule has 2 atom stereocenters. The predicted octanol–water partition coefficient (Wildman–Crippen LogP) is 1.82. The van der Waals surface area contributed by atoms with E-state index < -0.39 is 0 Å². The number of furan rings is 1. The van der Waals surface area contributed by atoms with E-state index in [1.54, 1.807) is 17.0 Å². The summed E-state index contributed by atoms with van der Waals surface area (Å²) in [5.41, 5.74) is 0. The Morgan fingerprint density at radius 1 is 1.09 bits per heavy atom. The molecule has 0 saturated carbocycles. The van der Waals surface area contributed by atoms with Crippen molar-refractivity contribution in [3.63, 3.8) is 0 Å². The van der Waals surface area contributed by atoms with Crippen LogP contribution in [0.4, 0.5) is 0 Å². The first-order valence-electron chi connectivity index (χ1n) is 7.63. The summed E-state index contributed by atoms with van der Waals surface area (Å²) in [7, 11) is 0. The van der Waals surface area contributed by atoms with Crippen LogP contribution < -0.4 is 0 Å². The molecule has 1 aromatic heterocycles. The molecule has 2 unspecified atom stereocenters. The zero-order chi connectivity index (χ0) is 16.1. The van der Waals surface area contributed by atoms with Gasteiger partial charge in [-0.1, -0.05) is 12.2 Å². The molecule has 2 aliphatic heterocycles. The standard InChI is InChI=1S/C16H15BrN2O4/c17-13-6-5-12(23-13)16(22)18-7-9(8-18)19-14(20)10-3-1-2-4-11(10)15(19)21/h1-2,5-6,9-11H,3-4,7-8H2. The molecule has 4 rings (SSSR count). The van der Waals surface area contributed by atoms with Gasteiger partial charge in [0, 0.05) is 13.1 Å². The average molecular weight is 379 g/mol. The summed E-state index contributed by atoms with van der Waals surface area (Å²) in [4.78, 5) is 40.2. The normalized spacial score (nSPS) is 27.3. The molecular weight excluding hydrogens is 364 g/mol. The molecule has 3 heterocycles. The Balaban J connectivity index is 1.43. The summed E-state index contributed by atoms with van der Waals surface area (Å²) in [6.45, 7) is 0.753. The number of fused-ring (bicyclic) bond motifs is 1. The van der Waals surface area contributed by atoms with Crippen LogP contribution in [0.1, 0.15) is 23.4 Å². The van der Waals surface area contributed by atoms with Crippen LogP contribution in [0.2, 0.25) is 0 Å². The highest BCUT2D eigenvalue weighted by atomic mass is 79.9. The van der Waals surface area contributed by atoms with Gasteiger partial charge >= 0.3 is 0 Å². The molecule has 1 aromatic rings. The molecule has 6 nitrogen and oxygen atoms in total.